The average molecular weight is 140 g/mol. The molecule has 0 aromatic rings. The quantitative estimate of drug-likeness (QED) is 0.239. The molecule has 54 valence electrons. The van der Waals surface area contributed by atoms with Crippen molar-refractivity contribution in [3.8, 4) is 0 Å². The molecule has 1 saturated carbocycles. The molecule has 0 spiro atoms. The van der Waals surface area contributed by atoms with E-state index < -0.39 is 5.97 Å². The van der Waals surface area contributed by atoms with Gasteiger partial charge in [0.15, 0.2) is 0 Å². The van der Waals surface area contributed by atoms with Gasteiger partial charge in [-0.25, -0.2) is 4.79 Å². The van der Waals surface area contributed by atoms with Gasteiger partial charge in [-0.05, 0) is 12.8 Å². The van der Waals surface area contributed by atoms with Gasteiger partial charge in [0.1, 0.15) is 0 Å². The van der Waals surface area contributed by atoms with Gasteiger partial charge >= 0.3 is 11.7 Å². The summed E-state index contributed by atoms with van der Waals surface area (Å²) in [6.07, 6.45) is 1.85. The van der Waals surface area contributed by atoms with E-state index in [2.05, 4.69) is 9.53 Å². The Kier molecular flexibility index (Phi) is 1.83. The van der Waals surface area contributed by atoms with Crippen LogP contribution in [-0.4, -0.2) is 23.6 Å². The topological polar surface area (TPSA) is 62.7 Å². The van der Waals surface area contributed by atoms with Crippen LogP contribution in [0.2, 0.25) is 0 Å². The maximum atomic E-state index is 10.7. The van der Waals surface area contributed by atoms with Gasteiger partial charge < -0.3 is 10.3 Å². The van der Waals surface area contributed by atoms with E-state index in [0.29, 0.717) is 0 Å². The van der Waals surface area contributed by atoms with Crippen LogP contribution in [0.5, 0.6) is 0 Å². The SMILES string of the molecule is COC(=O)C(=[N+]=[N-])C1CC1. The maximum absolute atomic E-state index is 10.7. The number of rotatable bonds is 2. The molecule has 4 heteroatoms. The molecule has 0 unspecified atom stereocenters. The van der Waals surface area contributed by atoms with E-state index in [1.165, 1.54) is 7.11 Å². The van der Waals surface area contributed by atoms with Gasteiger partial charge in [0.2, 0.25) is 0 Å². The Bertz CT molecular complexity index is 202. The third-order valence-corrected chi connectivity index (χ3v) is 1.47. The van der Waals surface area contributed by atoms with E-state index in [1.54, 1.807) is 0 Å². The van der Waals surface area contributed by atoms with Crippen LogP contribution in [0.4, 0.5) is 0 Å². The Hall–Kier alpha value is -1.15. The number of hydrogen-bond acceptors (Lipinski definition) is 2. The first-order valence-corrected chi connectivity index (χ1v) is 3.10. The van der Waals surface area contributed by atoms with Crippen molar-refractivity contribution in [1.29, 1.82) is 0 Å². The van der Waals surface area contributed by atoms with Crippen molar-refractivity contribution in [2.75, 3.05) is 7.11 Å². The van der Waals surface area contributed by atoms with Crippen molar-refractivity contribution in [2.24, 2.45) is 5.92 Å². The van der Waals surface area contributed by atoms with Gasteiger partial charge in [-0.2, -0.15) is 4.79 Å². The predicted molar refractivity (Wildman–Crippen MR) is 33.4 cm³/mol. The molecule has 0 heterocycles. The number of methoxy groups -OCH3 is 1. The summed E-state index contributed by atoms with van der Waals surface area (Å²) in [4.78, 5) is 13.6. The summed E-state index contributed by atoms with van der Waals surface area (Å²) in [7, 11) is 1.27. The van der Waals surface area contributed by atoms with Crippen molar-refractivity contribution in [3.63, 3.8) is 0 Å². The molecule has 0 aromatic heterocycles. The van der Waals surface area contributed by atoms with Crippen LogP contribution < -0.4 is 0 Å². The molecule has 0 atom stereocenters. The summed E-state index contributed by atoms with van der Waals surface area (Å²) in [5.41, 5.74) is 8.48. The summed E-state index contributed by atoms with van der Waals surface area (Å²) < 4.78 is 4.37. The molecule has 0 N–H and O–H groups in total. The number of hydrogen-bond donors (Lipinski definition) is 0. The summed E-state index contributed by atoms with van der Waals surface area (Å²) >= 11 is 0. The molecule has 1 fully saturated rings. The summed E-state index contributed by atoms with van der Waals surface area (Å²) in [5, 5.41) is 0. The lowest BCUT2D eigenvalue weighted by atomic mass is 10.2. The Balaban J connectivity index is 2.65. The van der Waals surface area contributed by atoms with Crippen molar-refractivity contribution in [2.45, 2.75) is 12.8 Å². The molecule has 1 rings (SSSR count). The lowest BCUT2D eigenvalue weighted by molar-refractivity contribution is -0.138. The van der Waals surface area contributed by atoms with Crippen molar-refractivity contribution in [1.82, 2.24) is 0 Å². The number of carbonyl (C=O) groups is 1. The van der Waals surface area contributed by atoms with E-state index in [-0.39, 0.29) is 11.6 Å². The van der Waals surface area contributed by atoms with Gasteiger partial charge in [-0.3, -0.25) is 0 Å². The lowest BCUT2D eigenvalue weighted by Crippen LogP contribution is -2.18. The summed E-state index contributed by atoms with van der Waals surface area (Å²) in [5.74, 6) is -0.387. The Labute approximate surface area is 58.4 Å². The highest BCUT2D eigenvalue weighted by Gasteiger charge is 2.40. The molecule has 1 aliphatic carbocycles. The van der Waals surface area contributed by atoms with E-state index in [9.17, 15) is 4.79 Å². The third-order valence-electron chi connectivity index (χ3n) is 1.47. The maximum Gasteiger partial charge on any atom is 0.416 e. The fourth-order valence-corrected chi connectivity index (χ4v) is 0.750. The molecule has 0 saturated heterocycles. The molecule has 0 aliphatic heterocycles. The van der Waals surface area contributed by atoms with Crippen LogP contribution in [-0.2, 0) is 9.53 Å². The Morgan fingerprint density at radius 1 is 1.70 bits per heavy atom. The van der Waals surface area contributed by atoms with Crippen LogP contribution in [0.25, 0.3) is 5.53 Å². The van der Waals surface area contributed by atoms with E-state index >= 15 is 0 Å². The van der Waals surface area contributed by atoms with Crippen molar-refractivity contribution >= 4 is 11.7 Å². The molecule has 0 radical (unpaired) electrons. The van der Waals surface area contributed by atoms with Gasteiger partial charge in [0, 0.05) is 0 Å². The highest BCUT2D eigenvalue weighted by Crippen LogP contribution is 2.29. The van der Waals surface area contributed by atoms with E-state index in [4.69, 9.17) is 5.53 Å². The highest BCUT2D eigenvalue weighted by molar-refractivity contribution is 6.35. The lowest BCUT2D eigenvalue weighted by Gasteiger charge is -1.88. The Morgan fingerprint density at radius 3 is 2.60 bits per heavy atom. The normalized spacial score (nSPS) is 15.7. The van der Waals surface area contributed by atoms with Gasteiger partial charge in [0.05, 0.1) is 13.0 Å². The summed E-state index contributed by atoms with van der Waals surface area (Å²) in [6.45, 7) is 0. The monoisotopic (exact) mass is 140 g/mol. The van der Waals surface area contributed by atoms with E-state index in [0.717, 1.165) is 12.8 Å². The highest BCUT2D eigenvalue weighted by atomic mass is 16.5. The molecule has 1 aliphatic rings. The van der Waals surface area contributed by atoms with Crippen LogP contribution in [0.1, 0.15) is 12.8 Å². The minimum Gasteiger partial charge on any atom is -0.460 e. The molecule has 0 aromatic carbocycles. The smallest absolute Gasteiger partial charge is 0.416 e. The van der Waals surface area contributed by atoms with Crippen LogP contribution in [0.3, 0.4) is 0 Å². The number of ether oxygens (including phenoxy) is 1. The standard InChI is InChI=1S/C6H8N2O2/c1-10-6(9)5(8-7)4-2-3-4/h4H,2-3H2,1H3. The van der Waals surface area contributed by atoms with Crippen molar-refractivity contribution < 1.29 is 14.3 Å². The number of carbonyl (C=O) groups excluding carboxylic acids is 1. The fraction of sp³-hybridized carbons (Fsp3) is 0.667. The molecule has 10 heavy (non-hydrogen) atoms. The van der Waals surface area contributed by atoms with Crippen LogP contribution >= 0.6 is 0 Å². The van der Waals surface area contributed by atoms with Crippen molar-refractivity contribution in [3.05, 3.63) is 5.53 Å². The Morgan fingerprint density at radius 2 is 2.30 bits per heavy atom. The number of nitrogens with zero attached hydrogens (tertiary/aromatic N) is 2. The second-order valence-corrected chi connectivity index (χ2v) is 2.25. The number of esters is 1. The molecule has 4 nitrogen and oxygen atoms in total. The first kappa shape index (κ1) is 6.96. The molecular weight excluding hydrogens is 132 g/mol. The van der Waals surface area contributed by atoms with Gasteiger partial charge in [-0.15, -0.1) is 0 Å². The third kappa shape index (κ3) is 1.22. The minimum absolute atomic E-state index is 0.137. The van der Waals surface area contributed by atoms with Crippen LogP contribution in [0.15, 0.2) is 0 Å². The molecular formula is C6H8N2O2. The van der Waals surface area contributed by atoms with Gasteiger partial charge in [0.25, 0.3) is 0 Å². The second kappa shape index (κ2) is 2.62. The zero-order chi connectivity index (χ0) is 7.56. The first-order valence-electron chi connectivity index (χ1n) is 3.10. The predicted octanol–water partition coefficient (Wildman–Crippen LogP) is 0.240. The van der Waals surface area contributed by atoms with Gasteiger partial charge in [-0.1, -0.05) is 0 Å². The largest absolute Gasteiger partial charge is 0.460 e. The van der Waals surface area contributed by atoms with E-state index in [1.807, 2.05) is 0 Å². The zero-order valence-corrected chi connectivity index (χ0v) is 5.70. The van der Waals surface area contributed by atoms with Crippen LogP contribution in [0, 0.1) is 5.92 Å². The average Bonchev–Trinajstić information content (AvgIpc) is 2.73. The fourth-order valence-electron chi connectivity index (χ4n) is 0.750. The minimum atomic E-state index is -0.523. The zero-order valence-electron chi connectivity index (χ0n) is 5.70. The molecule has 0 amide bonds. The summed E-state index contributed by atoms with van der Waals surface area (Å²) in [6, 6.07) is 0. The second-order valence-electron chi connectivity index (χ2n) is 2.25. The first-order chi connectivity index (χ1) is 4.79. The molecule has 0 bridgehead atoms.